The molecule has 0 N–H and O–H groups in total. The lowest BCUT2D eigenvalue weighted by molar-refractivity contribution is -0.129. The Morgan fingerprint density at radius 3 is 2.28 bits per heavy atom. The summed E-state index contributed by atoms with van der Waals surface area (Å²) in [7, 11) is 4.88. The lowest BCUT2D eigenvalue weighted by Gasteiger charge is -2.28. The van der Waals surface area contributed by atoms with E-state index in [0.717, 1.165) is 16.9 Å². The minimum Gasteiger partial charge on any atom is -0.497 e. The summed E-state index contributed by atoms with van der Waals surface area (Å²) in [6, 6.07) is 13.6. The van der Waals surface area contributed by atoms with Crippen molar-refractivity contribution in [3.8, 4) is 17.2 Å². The van der Waals surface area contributed by atoms with E-state index in [1.165, 1.54) is 12.8 Å². The average Bonchev–Trinajstić information content (AvgIpc) is 3.61. The van der Waals surface area contributed by atoms with E-state index >= 15 is 0 Å². The lowest BCUT2D eigenvalue weighted by Crippen LogP contribution is -2.38. The first-order chi connectivity index (χ1) is 14.0. The van der Waals surface area contributed by atoms with Crippen molar-refractivity contribution >= 4 is 12.0 Å². The minimum atomic E-state index is -0.00177. The Morgan fingerprint density at radius 2 is 1.69 bits per heavy atom. The van der Waals surface area contributed by atoms with Gasteiger partial charge in [0.25, 0.3) is 0 Å². The second-order valence-electron chi connectivity index (χ2n) is 7.33. The quantitative estimate of drug-likeness (QED) is 0.584. The minimum absolute atomic E-state index is 0.00177. The van der Waals surface area contributed by atoms with Gasteiger partial charge in [0.15, 0.2) is 0 Å². The van der Waals surface area contributed by atoms with E-state index in [4.69, 9.17) is 14.2 Å². The third-order valence-electron chi connectivity index (χ3n) is 5.44. The van der Waals surface area contributed by atoms with E-state index in [1.807, 2.05) is 47.4 Å². The number of hydrogen-bond donors (Lipinski definition) is 0. The molecule has 1 aliphatic carbocycles. The molecular weight excluding hydrogens is 366 g/mol. The van der Waals surface area contributed by atoms with Gasteiger partial charge in [-0.3, -0.25) is 4.79 Å². The zero-order chi connectivity index (χ0) is 20.8. The van der Waals surface area contributed by atoms with Gasteiger partial charge in [0.2, 0.25) is 5.91 Å². The maximum Gasteiger partial charge on any atom is 0.247 e. The summed E-state index contributed by atoms with van der Waals surface area (Å²) in [5, 5.41) is 0. The van der Waals surface area contributed by atoms with Gasteiger partial charge in [-0.25, -0.2) is 0 Å². The molecule has 0 spiro atoms. The van der Waals surface area contributed by atoms with Crippen LogP contribution in [0.3, 0.4) is 0 Å². The predicted molar refractivity (Wildman–Crippen MR) is 114 cm³/mol. The monoisotopic (exact) mass is 395 g/mol. The van der Waals surface area contributed by atoms with Gasteiger partial charge >= 0.3 is 0 Å². The standard InChI is InChI=1S/C24H29NO4/c1-17(19-7-8-19)25(16-18-5-11-21(27-2)12-6-18)24(26)14-10-20-9-13-22(28-3)15-23(20)29-4/h5-6,9-15,17,19H,7-8,16H2,1-4H3. The molecule has 0 aliphatic heterocycles. The van der Waals surface area contributed by atoms with Crippen LogP contribution >= 0.6 is 0 Å². The summed E-state index contributed by atoms with van der Waals surface area (Å²) in [4.78, 5) is 15.0. The average molecular weight is 395 g/mol. The Hall–Kier alpha value is -2.95. The number of amides is 1. The van der Waals surface area contributed by atoms with Gasteiger partial charge in [0, 0.05) is 30.3 Å². The molecule has 0 radical (unpaired) electrons. The highest BCUT2D eigenvalue weighted by Crippen LogP contribution is 2.36. The molecule has 1 atom stereocenters. The van der Waals surface area contributed by atoms with Crippen molar-refractivity contribution in [3.05, 3.63) is 59.7 Å². The second-order valence-corrected chi connectivity index (χ2v) is 7.33. The van der Waals surface area contributed by atoms with Crippen LogP contribution in [0.4, 0.5) is 0 Å². The zero-order valence-corrected chi connectivity index (χ0v) is 17.6. The number of methoxy groups -OCH3 is 3. The normalized spacial score (nSPS) is 14.5. The molecule has 29 heavy (non-hydrogen) atoms. The van der Waals surface area contributed by atoms with E-state index in [9.17, 15) is 4.79 Å². The molecule has 1 amide bonds. The van der Waals surface area contributed by atoms with E-state index in [2.05, 4.69) is 6.92 Å². The van der Waals surface area contributed by atoms with Crippen molar-refractivity contribution < 1.29 is 19.0 Å². The van der Waals surface area contributed by atoms with Crippen LogP contribution in [-0.2, 0) is 11.3 Å². The van der Waals surface area contributed by atoms with Gasteiger partial charge in [-0.1, -0.05) is 12.1 Å². The maximum atomic E-state index is 13.1. The van der Waals surface area contributed by atoms with Gasteiger partial charge in [0.1, 0.15) is 17.2 Å². The molecule has 154 valence electrons. The molecular formula is C24H29NO4. The van der Waals surface area contributed by atoms with Crippen molar-refractivity contribution in [2.45, 2.75) is 32.4 Å². The molecule has 0 bridgehead atoms. The van der Waals surface area contributed by atoms with Gasteiger partial charge in [0.05, 0.1) is 21.3 Å². The first-order valence-electron chi connectivity index (χ1n) is 9.89. The first kappa shape index (κ1) is 20.8. The molecule has 5 heteroatoms. The van der Waals surface area contributed by atoms with Crippen LogP contribution < -0.4 is 14.2 Å². The van der Waals surface area contributed by atoms with Gasteiger partial charge in [-0.05, 0) is 61.6 Å². The van der Waals surface area contributed by atoms with Gasteiger partial charge < -0.3 is 19.1 Å². The Morgan fingerprint density at radius 1 is 1.03 bits per heavy atom. The smallest absolute Gasteiger partial charge is 0.247 e. The summed E-state index contributed by atoms with van der Waals surface area (Å²) >= 11 is 0. The molecule has 0 saturated heterocycles. The molecule has 1 fully saturated rings. The second kappa shape index (κ2) is 9.50. The molecule has 5 nitrogen and oxygen atoms in total. The fourth-order valence-electron chi connectivity index (χ4n) is 3.40. The summed E-state index contributed by atoms with van der Waals surface area (Å²) in [5.74, 6) is 2.78. The SMILES string of the molecule is COc1ccc(CN(C(=O)C=Cc2ccc(OC)cc2OC)C(C)C2CC2)cc1. The maximum absolute atomic E-state index is 13.1. The Labute approximate surface area is 172 Å². The van der Waals surface area contributed by atoms with Crippen LogP contribution in [0.15, 0.2) is 48.5 Å². The highest BCUT2D eigenvalue weighted by molar-refractivity contribution is 5.92. The number of hydrogen-bond acceptors (Lipinski definition) is 4. The van der Waals surface area contributed by atoms with E-state index < -0.39 is 0 Å². The summed E-state index contributed by atoms with van der Waals surface area (Å²) in [5.41, 5.74) is 1.92. The molecule has 1 saturated carbocycles. The Kier molecular flexibility index (Phi) is 6.81. The third kappa shape index (κ3) is 5.31. The fourth-order valence-corrected chi connectivity index (χ4v) is 3.40. The molecule has 0 aromatic heterocycles. The Balaban J connectivity index is 1.78. The summed E-state index contributed by atoms with van der Waals surface area (Å²) in [6.45, 7) is 2.71. The van der Waals surface area contributed by atoms with Crippen LogP contribution in [0, 0.1) is 5.92 Å². The molecule has 3 rings (SSSR count). The number of carbonyl (C=O) groups excluding carboxylic acids is 1. The fraction of sp³-hybridized carbons (Fsp3) is 0.375. The number of rotatable bonds is 9. The van der Waals surface area contributed by atoms with Crippen molar-refractivity contribution in [2.75, 3.05) is 21.3 Å². The topological polar surface area (TPSA) is 48.0 Å². The van der Waals surface area contributed by atoms with E-state index in [0.29, 0.717) is 24.0 Å². The predicted octanol–water partition coefficient (Wildman–Crippen LogP) is 4.55. The molecule has 1 aliphatic rings. The first-order valence-corrected chi connectivity index (χ1v) is 9.89. The largest absolute Gasteiger partial charge is 0.497 e. The van der Waals surface area contributed by atoms with Crippen molar-refractivity contribution in [3.63, 3.8) is 0 Å². The van der Waals surface area contributed by atoms with E-state index in [-0.39, 0.29) is 11.9 Å². The van der Waals surface area contributed by atoms with Crippen LogP contribution in [0.1, 0.15) is 30.9 Å². The van der Waals surface area contributed by atoms with Crippen LogP contribution in [-0.4, -0.2) is 38.2 Å². The van der Waals surface area contributed by atoms with Crippen molar-refractivity contribution in [1.29, 1.82) is 0 Å². The highest BCUT2D eigenvalue weighted by Gasteiger charge is 2.33. The van der Waals surface area contributed by atoms with Gasteiger partial charge in [-0.15, -0.1) is 0 Å². The van der Waals surface area contributed by atoms with Crippen LogP contribution in [0.5, 0.6) is 17.2 Å². The van der Waals surface area contributed by atoms with Crippen LogP contribution in [0.2, 0.25) is 0 Å². The lowest BCUT2D eigenvalue weighted by atomic mass is 10.1. The van der Waals surface area contributed by atoms with Crippen LogP contribution in [0.25, 0.3) is 6.08 Å². The summed E-state index contributed by atoms with van der Waals surface area (Å²) < 4.78 is 15.9. The number of benzene rings is 2. The Bertz CT molecular complexity index is 856. The number of ether oxygens (including phenoxy) is 3. The van der Waals surface area contributed by atoms with E-state index in [1.54, 1.807) is 33.5 Å². The molecule has 2 aromatic carbocycles. The third-order valence-corrected chi connectivity index (χ3v) is 5.44. The molecule has 1 unspecified atom stereocenters. The van der Waals surface area contributed by atoms with Crippen molar-refractivity contribution in [1.82, 2.24) is 4.90 Å². The summed E-state index contributed by atoms with van der Waals surface area (Å²) in [6.07, 6.45) is 5.81. The number of nitrogens with zero attached hydrogens (tertiary/aromatic N) is 1. The van der Waals surface area contributed by atoms with Crippen molar-refractivity contribution in [2.24, 2.45) is 5.92 Å². The molecule has 0 heterocycles. The zero-order valence-electron chi connectivity index (χ0n) is 17.6. The van der Waals surface area contributed by atoms with Gasteiger partial charge in [-0.2, -0.15) is 0 Å². The highest BCUT2D eigenvalue weighted by atomic mass is 16.5. The molecule has 2 aromatic rings. The number of carbonyl (C=O) groups is 1.